The number of piperidine rings is 1. The Balaban J connectivity index is 1.99. The molecule has 2 aliphatic rings. The molecule has 2 unspecified atom stereocenters. The summed E-state index contributed by atoms with van der Waals surface area (Å²) in [4.78, 5) is 49.0. The van der Waals surface area contributed by atoms with Crippen LogP contribution in [0.1, 0.15) is 26.2 Å². The summed E-state index contributed by atoms with van der Waals surface area (Å²) in [6.07, 6.45) is 1.05. The van der Waals surface area contributed by atoms with E-state index in [-0.39, 0.29) is 18.9 Å². The molecule has 0 aromatic carbocycles. The number of urea groups is 1. The molecule has 0 aromatic rings. The van der Waals surface area contributed by atoms with E-state index in [1.807, 2.05) is 0 Å². The molecule has 8 heteroatoms. The van der Waals surface area contributed by atoms with Gasteiger partial charge in [-0.3, -0.25) is 19.3 Å². The third kappa shape index (κ3) is 2.84. The van der Waals surface area contributed by atoms with Crippen molar-refractivity contribution in [2.45, 2.75) is 32.2 Å². The Hall–Kier alpha value is -2.12. The van der Waals surface area contributed by atoms with Crippen molar-refractivity contribution in [2.24, 2.45) is 5.41 Å². The zero-order chi connectivity index (χ0) is 15.8. The van der Waals surface area contributed by atoms with Crippen LogP contribution in [-0.4, -0.2) is 64.9 Å². The molecule has 2 heterocycles. The molecule has 0 aliphatic carbocycles. The van der Waals surface area contributed by atoms with Gasteiger partial charge in [-0.1, -0.05) is 0 Å². The van der Waals surface area contributed by atoms with Gasteiger partial charge in [-0.25, -0.2) is 4.79 Å². The van der Waals surface area contributed by atoms with E-state index in [9.17, 15) is 24.3 Å². The van der Waals surface area contributed by atoms with Crippen LogP contribution in [0.4, 0.5) is 4.79 Å². The lowest BCUT2D eigenvalue weighted by molar-refractivity contribution is -0.150. The number of hydrogen-bond donors (Lipinski definition) is 2. The molecule has 2 rings (SSSR count). The average molecular weight is 297 g/mol. The van der Waals surface area contributed by atoms with E-state index in [1.54, 1.807) is 6.92 Å². The SMILES string of the molecule is CN1C(=O)CC(NC(=O)N2CCCC(C)(C(=O)O)C2)C1=O. The Kier molecular flexibility index (Phi) is 3.89. The number of likely N-dealkylation sites (N-methyl/N-ethyl adjacent to an activating group) is 1. The predicted molar refractivity (Wildman–Crippen MR) is 71.3 cm³/mol. The van der Waals surface area contributed by atoms with E-state index in [0.29, 0.717) is 19.4 Å². The maximum Gasteiger partial charge on any atom is 0.318 e. The van der Waals surface area contributed by atoms with Crippen LogP contribution >= 0.6 is 0 Å². The molecule has 2 fully saturated rings. The fourth-order valence-electron chi connectivity index (χ4n) is 2.70. The summed E-state index contributed by atoms with van der Waals surface area (Å²) in [6, 6.07) is -1.35. The quantitative estimate of drug-likeness (QED) is 0.677. The first-order valence-corrected chi connectivity index (χ1v) is 6.84. The van der Waals surface area contributed by atoms with Crippen molar-refractivity contribution in [3.8, 4) is 0 Å². The molecule has 0 aromatic heterocycles. The second-order valence-corrected chi connectivity index (χ2v) is 5.89. The summed E-state index contributed by atoms with van der Waals surface area (Å²) < 4.78 is 0. The van der Waals surface area contributed by atoms with Gasteiger partial charge >= 0.3 is 12.0 Å². The topological polar surface area (TPSA) is 107 Å². The van der Waals surface area contributed by atoms with E-state index in [0.717, 1.165) is 4.90 Å². The molecule has 0 bridgehead atoms. The van der Waals surface area contributed by atoms with Gasteiger partial charge in [-0.2, -0.15) is 0 Å². The number of likely N-dealkylation sites (tertiary alicyclic amines) is 2. The minimum atomic E-state index is -0.970. The largest absolute Gasteiger partial charge is 0.481 e. The average Bonchev–Trinajstić information content (AvgIpc) is 2.66. The lowest BCUT2D eigenvalue weighted by atomic mass is 9.82. The van der Waals surface area contributed by atoms with Crippen molar-refractivity contribution < 1.29 is 24.3 Å². The molecule has 2 atom stereocenters. The third-order valence-corrected chi connectivity index (χ3v) is 4.18. The lowest BCUT2D eigenvalue weighted by Crippen LogP contribution is -2.54. The Labute approximate surface area is 122 Å². The number of carboxylic acid groups (broad SMARTS) is 1. The highest BCUT2D eigenvalue weighted by molar-refractivity contribution is 6.06. The number of nitrogens with zero attached hydrogens (tertiary/aromatic N) is 2. The van der Waals surface area contributed by atoms with Crippen LogP contribution in [0.3, 0.4) is 0 Å². The van der Waals surface area contributed by atoms with Crippen LogP contribution in [0, 0.1) is 5.41 Å². The molecule has 21 heavy (non-hydrogen) atoms. The Morgan fingerprint density at radius 1 is 1.38 bits per heavy atom. The van der Waals surface area contributed by atoms with Crippen LogP contribution in [-0.2, 0) is 14.4 Å². The second-order valence-electron chi connectivity index (χ2n) is 5.89. The van der Waals surface area contributed by atoms with E-state index in [2.05, 4.69) is 5.32 Å². The lowest BCUT2D eigenvalue weighted by Gasteiger charge is -2.37. The molecule has 2 N–H and O–H groups in total. The van der Waals surface area contributed by atoms with Crippen molar-refractivity contribution in [1.29, 1.82) is 0 Å². The van der Waals surface area contributed by atoms with Gasteiger partial charge in [0.15, 0.2) is 0 Å². The predicted octanol–water partition coefficient (Wildman–Crippen LogP) is -0.360. The number of aliphatic carboxylic acids is 1. The second kappa shape index (κ2) is 5.34. The first-order valence-electron chi connectivity index (χ1n) is 6.84. The number of nitrogens with one attached hydrogen (secondary N) is 1. The molecule has 0 saturated carbocycles. The van der Waals surface area contributed by atoms with E-state index < -0.39 is 29.4 Å². The van der Waals surface area contributed by atoms with E-state index in [1.165, 1.54) is 11.9 Å². The van der Waals surface area contributed by atoms with Crippen molar-refractivity contribution in [3.05, 3.63) is 0 Å². The van der Waals surface area contributed by atoms with Gasteiger partial charge in [0, 0.05) is 20.1 Å². The maximum absolute atomic E-state index is 12.2. The molecule has 4 amide bonds. The van der Waals surface area contributed by atoms with Crippen molar-refractivity contribution in [3.63, 3.8) is 0 Å². The fourth-order valence-corrected chi connectivity index (χ4v) is 2.70. The number of carbonyl (C=O) groups is 4. The summed E-state index contributed by atoms with van der Waals surface area (Å²) in [5, 5.41) is 11.7. The van der Waals surface area contributed by atoms with E-state index in [4.69, 9.17) is 0 Å². The van der Waals surface area contributed by atoms with Crippen LogP contribution in [0.5, 0.6) is 0 Å². The smallest absolute Gasteiger partial charge is 0.318 e. The van der Waals surface area contributed by atoms with Crippen LogP contribution in [0.15, 0.2) is 0 Å². The maximum atomic E-state index is 12.2. The Morgan fingerprint density at radius 2 is 2.05 bits per heavy atom. The molecule has 2 saturated heterocycles. The molecular weight excluding hydrogens is 278 g/mol. The zero-order valence-corrected chi connectivity index (χ0v) is 12.1. The summed E-state index contributed by atoms with van der Waals surface area (Å²) >= 11 is 0. The highest BCUT2D eigenvalue weighted by Gasteiger charge is 2.41. The van der Waals surface area contributed by atoms with Crippen molar-refractivity contribution in [1.82, 2.24) is 15.1 Å². The summed E-state index contributed by atoms with van der Waals surface area (Å²) in [5.74, 6) is -1.71. The summed E-state index contributed by atoms with van der Waals surface area (Å²) in [6.45, 7) is 2.14. The van der Waals surface area contributed by atoms with Gasteiger partial charge in [0.25, 0.3) is 5.91 Å². The van der Waals surface area contributed by atoms with Crippen molar-refractivity contribution >= 4 is 23.8 Å². The number of amides is 4. The normalized spacial score (nSPS) is 29.7. The zero-order valence-electron chi connectivity index (χ0n) is 12.1. The molecule has 0 spiro atoms. The third-order valence-electron chi connectivity index (χ3n) is 4.18. The minimum Gasteiger partial charge on any atom is -0.481 e. The van der Waals surface area contributed by atoms with Crippen LogP contribution in [0.2, 0.25) is 0 Å². The molecule has 116 valence electrons. The number of rotatable bonds is 2. The van der Waals surface area contributed by atoms with Gasteiger partial charge in [0.1, 0.15) is 6.04 Å². The standard InChI is InChI=1S/C13H19N3O5/c1-13(11(19)20)4-3-5-16(7-13)12(21)14-8-6-9(17)15(2)10(8)18/h8H,3-7H2,1-2H3,(H,14,21)(H,19,20). The summed E-state index contributed by atoms with van der Waals surface area (Å²) in [7, 11) is 1.37. The number of carbonyl (C=O) groups excluding carboxylic acids is 3. The van der Waals surface area contributed by atoms with Crippen molar-refractivity contribution in [2.75, 3.05) is 20.1 Å². The van der Waals surface area contributed by atoms with Crippen LogP contribution < -0.4 is 5.32 Å². The van der Waals surface area contributed by atoms with Gasteiger partial charge in [-0.05, 0) is 19.8 Å². The highest BCUT2D eigenvalue weighted by Crippen LogP contribution is 2.29. The number of hydrogen-bond acceptors (Lipinski definition) is 4. The molecule has 8 nitrogen and oxygen atoms in total. The molecule has 2 aliphatic heterocycles. The minimum absolute atomic E-state index is 0.0505. The number of carboxylic acids is 1. The van der Waals surface area contributed by atoms with Gasteiger partial charge in [-0.15, -0.1) is 0 Å². The van der Waals surface area contributed by atoms with E-state index >= 15 is 0 Å². The number of imide groups is 1. The fraction of sp³-hybridized carbons (Fsp3) is 0.692. The Morgan fingerprint density at radius 3 is 2.57 bits per heavy atom. The Bertz CT molecular complexity index is 506. The monoisotopic (exact) mass is 297 g/mol. The first-order chi connectivity index (χ1) is 9.74. The van der Waals surface area contributed by atoms with Gasteiger partial charge < -0.3 is 15.3 Å². The van der Waals surface area contributed by atoms with Gasteiger partial charge in [0.2, 0.25) is 5.91 Å². The van der Waals surface area contributed by atoms with Crippen LogP contribution in [0.25, 0.3) is 0 Å². The van der Waals surface area contributed by atoms with Gasteiger partial charge in [0.05, 0.1) is 11.8 Å². The molecule has 0 radical (unpaired) electrons. The highest BCUT2D eigenvalue weighted by atomic mass is 16.4. The summed E-state index contributed by atoms with van der Waals surface area (Å²) in [5.41, 5.74) is -0.970. The first kappa shape index (κ1) is 15.3. The molecular formula is C13H19N3O5.